The first kappa shape index (κ1) is 16.6. The molecule has 1 saturated heterocycles. The van der Waals surface area contributed by atoms with Crippen LogP contribution < -0.4 is 14.8 Å². The standard InChI is InChI=1S/C22H30N2O3/c1-23-15-7-8-22(25)17-11-14-5-6-16(26-2)19-18(14)21(22,20(15)27-19)9-10-24(17)12-13-3-4-13/h5-6,13,15,17,20,23,25H,3-4,7-12H2,1-2H3/t15?,17-,20?,21+,22-/m1/s1. The summed E-state index contributed by atoms with van der Waals surface area (Å²) in [7, 11) is 3.74. The molecule has 5 aliphatic rings. The molecule has 3 fully saturated rings. The molecule has 2 unspecified atom stereocenters. The SMILES string of the molecule is CNC1CC[C@@]2(O)[C@H]3Cc4ccc(OC)c5c4[C@@]2(CCN3CC2CC2)C1O5. The van der Waals surface area contributed by atoms with E-state index >= 15 is 0 Å². The second-order valence-electron chi connectivity index (χ2n) is 9.41. The third-order valence-electron chi connectivity index (χ3n) is 8.34. The van der Waals surface area contributed by atoms with Crippen molar-refractivity contribution < 1.29 is 14.6 Å². The van der Waals surface area contributed by atoms with Crippen LogP contribution >= 0.6 is 0 Å². The Balaban J connectivity index is 1.55. The Kier molecular flexibility index (Phi) is 3.33. The summed E-state index contributed by atoms with van der Waals surface area (Å²) in [6, 6.07) is 4.76. The molecule has 2 saturated carbocycles. The van der Waals surface area contributed by atoms with E-state index in [1.807, 2.05) is 7.05 Å². The van der Waals surface area contributed by atoms with Gasteiger partial charge in [0.05, 0.1) is 18.1 Å². The molecule has 5 heteroatoms. The molecule has 1 spiro atoms. The van der Waals surface area contributed by atoms with E-state index in [0.717, 1.165) is 56.2 Å². The van der Waals surface area contributed by atoms with E-state index in [0.29, 0.717) is 0 Å². The predicted octanol–water partition coefficient (Wildman–Crippen LogP) is 1.85. The lowest BCUT2D eigenvalue weighted by Crippen LogP contribution is -2.78. The van der Waals surface area contributed by atoms with E-state index in [9.17, 15) is 5.11 Å². The van der Waals surface area contributed by atoms with Crippen molar-refractivity contribution in [2.45, 2.75) is 67.7 Å². The number of ether oxygens (including phenoxy) is 2. The molecule has 0 amide bonds. The van der Waals surface area contributed by atoms with Crippen LogP contribution in [0.1, 0.15) is 43.2 Å². The van der Waals surface area contributed by atoms with Gasteiger partial charge in [0.1, 0.15) is 6.10 Å². The van der Waals surface area contributed by atoms with Gasteiger partial charge in [-0.15, -0.1) is 0 Å². The summed E-state index contributed by atoms with van der Waals surface area (Å²) in [6.45, 7) is 2.22. The lowest BCUT2D eigenvalue weighted by molar-refractivity contribution is -0.191. The van der Waals surface area contributed by atoms with Crippen LogP contribution in [0.4, 0.5) is 0 Å². The first-order valence-corrected chi connectivity index (χ1v) is 10.6. The summed E-state index contributed by atoms with van der Waals surface area (Å²) in [5.41, 5.74) is 1.61. The Hall–Kier alpha value is -1.30. The number of nitrogens with one attached hydrogen (secondary N) is 1. The highest BCUT2D eigenvalue weighted by atomic mass is 16.5. The van der Waals surface area contributed by atoms with E-state index < -0.39 is 5.60 Å². The fraction of sp³-hybridized carbons (Fsp3) is 0.727. The average Bonchev–Trinajstić information content (AvgIpc) is 3.41. The predicted molar refractivity (Wildman–Crippen MR) is 103 cm³/mol. The van der Waals surface area contributed by atoms with Crippen LogP contribution in [0.15, 0.2) is 12.1 Å². The quantitative estimate of drug-likeness (QED) is 0.847. The number of rotatable bonds is 4. The number of aliphatic hydroxyl groups is 1. The molecule has 146 valence electrons. The lowest BCUT2D eigenvalue weighted by atomic mass is 9.48. The monoisotopic (exact) mass is 370 g/mol. The van der Waals surface area contributed by atoms with Crippen LogP contribution in [0.5, 0.6) is 11.5 Å². The number of piperidine rings is 1. The molecule has 1 aromatic carbocycles. The zero-order valence-corrected chi connectivity index (χ0v) is 16.3. The van der Waals surface area contributed by atoms with Crippen LogP contribution in [0.3, 0.4) is 0 Å². The minimum absolute atomic E-state index is 0.0165. The number of hydrogen-bond acceptors (Lipinski definition) is 5. The summed E-state index contributed by atoms with van der Waals surface area (Å²) in [4.78, 5) is 2.62. The molecule has 5 atom stereocenters. The van der Waals surface area contributed by atoms with Crippen LogP contribution in [-0.4, -0.2) is 61.0 Å². The highest BCUT2D eigenvalue weighted by molar-refractivity contribution is 5.63. The molecule has 27 heavy (non-hydrogen) atoms. The van der Waals surface area contributed by atoms with Gasteiger partial charge in [0.25, 0.3) is 0 Å². The Labute approximate surface area is 161 Å². The van der Waals surface area contributed by atoms with Gasteiger partial charge in [-0.05, 0) is 69.7 Å². The average molecular weight is 370 g/mol. The number of likely N-dealkylation sites (N-methyl/N-ethyl adjacent to an activating group) is 1. The molecule has 2 heterocycles. The molecule has 2 bridgehead atoms. The fourth-order valence-corrected chi connectivity index (χ4v) is 6.93. The van der Waals surface area contributed by atoms with Crippen LogP contribution in [0.25, 0.3) is 0 Å². The van der Waals surface area contributed by atoms with Crippen LogP contribution in [-0.2, 0) is 11.8 Å². The van der Waals surface area contributed by atoms with E-state index in [1.165, 1.54) is 24.0 Å². The maximum Gasteiger partial charge on any atom is 0.165 e. The molecule has 5 nitrogen and oxygen atoms in total. The van der Waals surface area contributed by atoms with Crippen LogP contribution in [0, 0.1) is 5.92 Å². The molecule has 2 aliphatic heterocycles. The molecular weight excluding hydrogens is 340 g/mol. The highest BCUT2D eigenvalue weighted by Gasteiger charge is 2.72. The lowest BCUT2D eigenvalue weighted by Gasteiger charge is -2.64. The number of methoxy groups -OCH3 is 1. The van der Waals surface area contributed by atoms with E-state index in [1.54, 1.807) is 7.11 Å². The van der Waals surface area contributed by atoms with Crippen molar-refractivity contribution >= 4 is 0 Å². The van der Waals surface area contributed by atoms with E-state index in [-0.39, 0.29) is 23.6 Å². The van der Waals surface area contributed by atoms with Gasteiger partial charge in [0.15, 0.2) is 11.5 Å². The van der Waals surface area contributed by atoms with Crippen molar-refractivity contribution in [3.63, 3.8) is 0 Å². The van der Waals surface area contributed by atoms with Crippen molar-refractivity contribution in [1.29, 1.82) is 0 Å². The van der Waals surface area contributed by atoms with Gasteiger partial charge < -0.3 is 19.9 Å². The minimum atomic E-state index is -0.706. The second-order valence-corrected chi connectivity index (χ2v) is 9.41. The summed E-state index contributed by atoms with van der Waals surface area (Å²) in [6.07, 6.45) is 6.41. The molecular formula is C22H30N2O3. The van der Waals surface area contributed by atoms with Crippen LogP contribution in [0.2, 0.25) is 0 Å². The maximum absolute atomic E-state index is 12.3. The smallest absolute Gasteiger partial charge is 0.165 e. The normalized spacial score (nSPS) is 41.8. The zero-order chi connectivity index (χ0) is 18.4. The largest absolute Gasteiger partial charge is 0.493 e. The maximum atomic E-state index is 12.3. The number of nitrogens with zero attached hydrogens (tertiary/aromatic N) is 1. The van der Waals surface area contributed by atoms with Crippen molar-refractivity contribution in [2.75, 3.05) is 27.2 Å². The zero-order valence-electron chi connectivity index (χ0n) is 16.3. The van der Waals surface area contributed by atoms with Crippen molar-refractivity contribution in [3.8, 4) is 11.5 Å². The third kappa shape index (κ3) is 1.91. The first-order valence-electron chi connectivity index (χ1n) is 10.6. The topological polar surface area (TPSA) is 54.0 Å². The molecule has 0 radical (unpaired) electrons. The summed E-state index contributed by atoms with van der Waals surface area (Å²) >= 11 is 0. The summed E-state index contributed by atoms with van der Waals surface area (Å²) in [5.74, 6) is 2.56. The van der Waals surface area contributed by atoms with E-state index in [4.69, 9.17) is 9.47 Å². The number of likely N-dealkylation sites (tertiary alicyclic amines) is 1. The Morgan fingerprint density at radius 2 is 2.15 bits per heavy atom. The molecule has 0 aromatic heterocycles. The number of hydrogen-bond donors (Lipinski definition) is 2. The van der Waals surface area contributed by atoms with Gasteiger partial charge >= 0.3 is 0 Å². The van der Waals surface area contributed by atoms with Gasteiger partial charge in [-0.2, -0.15) is 0 Å². The molecule has 6 rings (SSSR count). The minimum Gasteiger partial charge on any atom is -0.493 e. The molecule has 3 aliphatic carbocycles. The van der Waals surface area contributed by atoms with Crippen molar-refractivity contribution in [2.24, 2.45) is 5.92 Å². The summed E-state index contributed by atoms with van der Waals surface area (Å²) in [5, 5.41) is 15.8. The molecule has 1 aromatic rings. The molecule has 2 N–H and O–H groups in total. The van der Waals surface area contributed by atoms with Gasteiger partial charge in [-0.3, -0.25) is 4.90 Å². The van der Waals surface area contributed by atoms with Gasteiger partial charge in [0.2, 0.25) is 0 Å². The van der Waals surface area contributed by atoms with E-state index in [2.05, 4.69) is 22.3 Å². The Morgan fingerprint density at radius 1 is 1.30 bits per heavy atom. The van der Waals surface area contributed by atoms with Gasteiger partial charge in [-0.1, -0.05) is 6.07 Å². The van der Waals surface area contributed by atoms with Crippen molar-refractivity contribution in [3.05, 3.63) is 23.3 Å². The van der Waals surface area contributed by atoms with Gasteiger partial charge in [0, 0.05) is 24.2 Å². The van der Waals surface area contributed by atoms with Gasteiger partial charge in [-0.25, -0.2) is 0 Å². The number of benzene rings is 1. The first-order chi connectivity index (χ1) is 13.1. The Morgan fingerprint density at radius 3 is 2.89 bits per heavy atom. The second kappa shape index (κ2) is 5.40. The Bertz CT molecular complexity index is 794. The highest BCUT2D eigenvalue weighted by Crippen LogP contribution is 2.65. The summed E-state index contributed by atoms with van der Waals surface area (Å²) < 4.78 is 12.3. The fourth-order valence-electron chi connectivity index (χ4n) is 6.93. The van der Waals surface area contributed by atoms with Crippen molar-refractivity contribution in [1.82, 2.24) is 10.2 Å². The third-order valence-corrected chi connectivity index (χ3v) is 8.34.